The monoisotopic (exact) mass is 355 g/mol. The number of ether oxygens (including phenoxy) is 1. The smallest absolute Gasteiger partial charge is 0.272 e. The first-order valence-electron chi connectivity index (χ1n) is 9.10. The van der Waals surface area contributed by atoms with Gasteiger partial charge in [-0.25, -0.2) is 9.67 Å². The SMILES string of the molecule is O=C(NC1(CO)CCOCC1)c1nn(-c2cnccn2)c2c1C[C@H]1C[C@@H]21. The Labute approximate surface area is 150 Å². The summed E-state index contributed by atoms with van der Waals surface area (Å²) in [4.78, 5) is 21.5. The van der Waals surface area contributed by atoms with Crippen LogP contribution in [-0.2, 0) is 11.2 Å². The summed E-state index contributed by atoms with van der Waals surface area (Å²) in [5.41, 5.74) is 1.96. The third-order valence-corrected chi connectivity index (χ3v) is 5.88. The van der Waals surface area contributed by atoms with Crippen LogP contribution >= 0.6 is 0 Å². The Morgan fingerprint density at radius 1 is 1.38 bits per heavy atom. The summed E-state index contributed by atoms with van der Waals surface area (Å²) in [5.74, 6) is 1.50. The van der Waals surface area contributed by atoms with E-state index in [0.29, 0.717) is 49.4 Å². The molecule has 2 atom stereocenters. The quantitative estimate of drug-likeness (QED) is 0.832. The Kier molecular flexibility index (Phi) is 3.58. The third kappa shape index (κ3) is 2.44. The predicted molar refractivity (Wildman–Crippen MR) is 91.0 cm³/mol. The number of carbonyl (C=O) groups excluding carboxylic acids is 1. The lowest BCUT2D eigenvalue weighted by Crippen LogP contribution is -2.54. The van der Waals surface area contributed by atoms with Gasteiger partial charge in [0.25, 0.3) is 5.91 Å². The summed E-state index contributed by atoms with van der Waals surface area (Å²) in [5, 5.41) is 17.5. The van der Waals surface area contributed by atoms with Crippen molar-refractivity contribution in [3.05, 3.63) is 35.5 Å². The van der Waals surface area contributed by atoms with Crippen LogP contribution in [0.4, 0.5) is 0 Å². The molecule has 3 heterocycles. The van der Waals surface area contributed by atoms with Crippen molar-refractivity contribution in [2.45, 2.75) is 37.1 Å². The van der Waals surface area contributed by atoms with E-state index in [1.807, 2.05) is 0 Å². The fourth-order valence-corrected chi connectivity index (χ4v) is 4.26. The van der Waals surface area contributed by atoms with E-state index in [-0.39, 0.29) is 12.5 Å². The number of fused-ring (bicyclic) bond motifs is 3. The second-order valence-electron chi connectivity index (χ2n) is 7.50. The van der Waals surface area contributed by atoms with Crippen molar-refractivity contribution in [3.63, 3.8) is 0 Å². The number of nitrogens with one attached hydrogen (secondary N) is 1. The summed E-state index contributed by atoms with van der Waals surface area (Å²) in [6.07, 6.45) is 8.16. The summed E-state index contributed by atoms with van der Waals surface area (Å²) in [6, 6.07) is 0. The van der Waals surface area contributed by atoms with Gasteiger partial charge in [0.1, 0.15) is 0 Å². The minimum Gasteiger partial charge on any atom is -0.394 e. The lowest BCUT2D eigenvalue weighted by Gasteiger charge is -2.36. The van der Waals surface area contributed by atoms with Crippen LogP contribution in [0, 0.1) is 5.92 Å². The second-order valence-corrected chi connectivity index (χ2v) is 7.50. The molecular formula is C18H21N5O3. The van der Waals surface area contributed by atoms with Crippen molar-refractivity contribution in [3.8, 4) is 5.82 Å². The van der Waals surface area contributed by atoms with E-state index in [1.54, 1.807) is 23.3 Å². The summed E-state index contributed by atoms with van der Waals surface area (Å²) >= 11 is 0. The van der Waals surface area contributed by atoms with Gasteiger partial charge in [-0.05, 0) is 31.6 Å². The van der Waals surface area contributed by atoms with Gasteiger partial charge in [-0.15, -0.1) is 0 Å². The number of aliphatic hydroxyl groups is 1. The molecule has 2 fully saturated rings. The molecule has 1 amide bonds. The Morgan fingerprint density at radius 3 is 2.96 bits per heavy atom. The molecule has 5 rings (SSSR count). The highest BCUT2D eigenvalue weighted by Crippen LogP contribution is 2.57. The van der Waals surface area contributed by atoms with Crippen molar-refractivity contribution in [1.29, 1.82) is 0 Å². The molecule has 1 saturated carbocycles. The number of carbonyl (C=O) groups is 1. The Morgan fingerprint density at radius 2 is 2.23 bits per heavy atom. The number of hydrogen-bond acceptors (Lipinski definition) is 6. The molecule has 1 saturated heterocycles. The average molecular weight is 355 g/mol. The van der Waals surface area contributed by atoms with Crippen molar-refractivity contribution in [1.82, 2.24) is 25.1 Å². The van der Waals surface area contributed by atoms with Crippen LogP contribution in [0.25, 0.3) is 5.82 Å². The van der Waals surface area contributed by atoms with Crippen molar-refractivity contribution in [2.24, 2.45) is 5.92 Å². The molecule has 8 nitrogen and oxygen atoms in total. The Bertz CT molecular complexity index is 844. The Balaban J connectivity index is 1.50. The molecule has 3 aliphatic rings. The van der Waals surface area contributed by atoms with Gasteiger partial charge >= 0.3 is 0 Å². The lowest BCUT2D eigenvalue weighted by atomic mass is 9.90. The van der Waals surface area contributed by atoms with E-state index in [0.717, 1.165) is 24.1 Å². The van der Waals surface area contributed by atoms with E-state index in [2.05, 4.69) is 20.4 Å². The molecule has 0 spiro atoms. The maximum Gasteiger partial charge on any atom is 0.272 e. The number of aromatic nitrogens is 4. The molecule has 0 radical (unpaired) electrons. The zero-order chi connectivity index (χ0) is 17.7. The van der Waals surface area contributed by atoms with Gasteiger partial charge in [0.05, 0.1) is 24.0 Å². The van der Waals surface area contributed by atoms with E-state index in [9.17, 15) is 9.90 Å². The van der Waals surface area contributed by atoms with Crippen LogP contribution in [0.15, 0.2) is 18.6 Å². The molecule has 136 valence electrons. The van der Waals surface area contributed by atoms with E-state index < -0.39 is 5.54 Å². The highest BCUT2D eigenvalue weighted by molar-refractivity contribution is 5.95. The molecule has 26 heavy (non-hydrogen) atoms. The Hall–Kier alpha value is -2.32. The van der Waals surface area contributed by atoms with Crippen molar-refractivity contribution in [2.75, 3.05) is 19.8 Å². The number of hydrogen-bond donors (Lipinski definition) is 2. The number of amides is 1. The molecule has 0 aromatic carbocycles. The maximum absolute atomic E-state index is 13.0. The molecule has 0 unspecified atom stereocenters. The van der Waals surface area contributed by atoms with Crippen LogP contribution < -0.4 is 5.32 Å². The van der Waals surface area contributed by atoms with Gasteiger partial charge in [-0.2, -0.15) is 5.10 Å². The number of rotatable bonds is 4. The van der Waals surface area contributed by atoms with Crippen molar-refractivity contribution >= 4 is 5.91 Å². The molecule has 1 aliphatic heterocycles. The summed E-state index contributed by atoms with van der Waals surface area (Å²) in [7, 11) is 0. The van der Waals surface area contributed by atoms with Crippen LogP contribution in [0.5, 0.6) is 0 Å². The number of aliphatic hydroxyl groups excluding tert-OH is 1. The molecular weight excluding hydrogens is 334 g/mol. The highest BCUT2D eigenvalue weighted by Gasteiger charge is 2.50. The van der Waals surface area contributed by atoms with E-state index >= 15 is 0 Å². The molecule has 2 aliphatic carbocycles. The maximum atomic E-state index is 13.0. The standard InChI is InChI=1S/C18H21N5O3/c24-10-18(1-5-26-6-2-18)21-17(25)15-13-8-11-7-12(11)16(13)23(22-15)14-9-19-3-4-20-14/h3-4,9,11-12,24H,1-2,5-8,10H2,(H,21,25)/t11-,12-/m1/s1. The average Bonchev–Trinajstić information content (AvgIpc) is 3.18. The van der Waals surface area contributed by atoms with Gasteiger partial charge in [-0.1, -0.05) is 0 Å². The third-order valence-electron chi connectivity index (χ3n) is 5.88. The minimum atomic E-state index is -0.625. The fraction of sp³-hybridized carbons (Fsp3) is 0.556. The summed E-state index contributed by atoms with van der Waals surface area (Å²) < 4.78 is 7.15. The second kappa shape index (κ2) is 5.85. The first-order valence-corrected chi connectivity index (χ1v) is 9.10. The summed E-state index contributed by atoms with van der Waals surface area (Å²) in [6.45, 7) is 0.981. The van der Waals surface area contributed by atoms with Gasteiger partial charge in [-0.3, -0.25) is 9.78 Å². The van der Waals surface area contributed by atoms with E-state index in [1.165, 1.54) is 0 Å². The molecule has 2 N–H and O–H groups in total. The van der Waals surface area contributed by atoms with Gasteiger partial charge < -0.3 is 15.2 Å². The zero-order valence-corrected chi connectivity index (χ0v) is 14.4. The fourth-order valence-electron chi connectivity index (χ4n) is 4.26. The molecule has 2 aromatic heterocycles. The van der Waals surface area contributed by atoms with Crippen molar-refractivity contribution < 1.29 is 14.6 Å². The van der Waals surface area contributed by atoms with Crippen LogP contribution in [-0.4, -0.2) is 56.1 Å². The zero-order valence-electron chi connectivity index (χ0n) is 14.4. The predicted octanol–water partition coefficient (Wildman–Crippen LogP) is 0.593. The van der Waals surface area contributed by atoms with Gasteiger partial charge in [0.2, 0.25) is 0 Å². The molecule has 2 aromatic rings. The topological polar surface area (TPSA) is 102 Å². The van der Waals surface area contributed by atoms with E-state index in [4.69, 9.17) is 4.74 Å². The molecule has 0 bridgehead atoms. The van der Waals surface area contributed by atoms with Gasteiger partial charge in [0.15, 0.2) is 11.5 Å². The largest absolute Gasteiger partial charge is 0.394 e. The minimum absolute atomic E-state index is 0.0968. The first-order chi connectivity index (χ1) is 12.7. The lowest BCUT2D eigenvalue weighted by molar-refractivity contribution is 0.0124. The molecule has 8 heteroatoms. The van der Waals surface area contributed by atoms with Gasteiger partial charge in [0, 0.05) is 37.1 Å². The highest BCUT2D eigenvalue weighted by atomic mass is 16.5. The van der Waals surface area contributed by atoms with Crippen LogP contribution in [0.2, 0.25) is 0 Å². The first kappa shape index (κ1) is 15.9. The normalized spacial score (nSPS) is 25.4. The van der Waals surface area contributed by atoms with Crippen LogP contribution in [0.1, 0.15) is 46.9 Å². The van der Waals surface area contributed by atoms with Crippen LogP contribution in [0.3, 0.4) is 0 Å². The number of nitrogens with zero attached hydrogens (tertiary/aromatic N) is 4.